The molecule has 1 aliphatic rings. The van der Waals surface area contributed by atoms with Gasteiger partial charge in [-0.2, -0.15) is 5.10 Å². The molecule has 0 spiro atoms. The minimum absolute atomic E-state index is 0.0238. The van der Waals surface area contributed by atoms with Gasteiger partial charge < -0.3 is 10.0 Å². The molecule has 266 valence electrons. The number of sulfone groups is 1. The fourth-order valence-electron chi connectivity index (χ4n) is 6.46. The topological polar surface area (TPSA) is 109 Å². The van der Waals surface area contributed by atoms with Crippen molar-refractivity contribution >= 4 is 38.1 Å². The Labute approximate surface area is 297 Å². The number of aliphatic hydroxyl groups is 1. The molecule has 0 aliphatic carbocycles. The van der Waals surface area contributed by atoms with Crippen LogP contribution in [0.4, 0.5) is 8.78 Å². The number of hydrogen-bond donors (Lipinski definition) is 1. The van der Waals surface area contributed by atoms with Crippen LogP contribution in [0.5, 0.6) is 0 Å². The Bertz CT molecular complexity index is 2060. The highest BCUT2D eigenvalue weighted by atomic mass is 35.5. The summed E-state index contributed by atoms with van der Waals surface area (Å²) >= 11 is 6.66. The second kappa shape index (κ2) is 15.3. The van der Waals surface area contributed by atoms with Crippen molar-refractivity contribution in [1.29, 1.82) is 0 Å². The van der Waals surface area contributed by atoms with E-state index in [2.05, 4.69) is 33.7 Å². The molecule has 0 radical (unpaired) electrons. The third kappa shape index (κ3) is 9.53. The van der Waals surface area contributed by atoms with Crippen LogP contribution < -0.4 is 0 Å². The molecule has 4 aromatic rings. The maximum atomic E-state index is 14.5. The summed E-state index contributed by atoms with van der Waals surface area (Å²) in [6.07, 6.45) is 1.24. The fourth-order valence-corrected chi connectivity index (χ4v) is 7.42. The Morgan fingerprint density at radius 1 is 1.04 bits per heavy atom. The first-order chi connectivity index (χ1) is 23.5. The zero-order chi connectivity index (χ0) is 36.4. The largest absolute Gasteiger partial charge is 0.378 e. The minimum atomic E-state index is -3.46. The van der Waals surface area contributed by atoms with E-state index in [1.54, 1.807) is 49.8 Å². The number of rotatable bonds is 11. The summed E-state index contributed by atoms with van der Waals surface area (Å²) in [5.41, 5.74) is 1.92. The van der Waals surface area contributed by atoms with Crippen LogP contribution in [0.25, 0.3) is 22.0 Å². The van der Waals surface area contributed by atoms with Crippen LogP contribution in [0.3, 0.4) is 0 Å². The average Bonchev–Trinajstić information content (AvgIpc) is 3.34. The highest BCUT2D eigenvalue weighted by Crippen LogP contribution is 2.40. The molecule has 0 amide bonds. The van der Waals surface area contributed by atoms with Crippen LogP contribution >= 0.6 is 11.6 Å². The van der Waals surface area contributed by atoms with Gasteiger partial charge in [0.1, 0.15) is 28.7 Å². The molecule has 13 heteroatoms. The van der Waals surface area contributed by atoms with Gasteiger partial charge in [-0.05, 0) is 68.6 Å². The van der Waals surface area contributed by atoms with E-state index >= 15 is 0 Å². The lowest BCUT2D eigenvalue weighted by Crippen LogP contribution is -2.47. The number of hydrogen-bond acceptors (Lipinski definition) is 8. The van der Waals surface area contributed by atoms with Crippen molar-refractivity contribution in [2.75, 3.05) is 45.5 Å². The Morgan fingerprint density at radius 2 is 1.68 bits per heavy atom. The van der Waals surface area contributed by atoms with Gasteiger partial charge in [0.25, 0.3) is 0 Å². The number of halogens is 3. The number of piperazine rings is 1. The van der Waals surface area contributed by atoms with Gasteiger partial charge in [0.05, 0.1) is 34.2 Å². The molecule has 0 saturated carbocycles. The number of aromatic nitrogens is 3. The summed E-state index contributed by atoms with van der Waals surface area (Å²) in [7, 11) is -1.76. The summed E-state index contributed by atoms with van der Waals surface area (Å²) in [6.45, 7) is 9.61. The van der Waals surface area contributed by atoms with Crippen molar-refractivity contribution in [3.63, 3.8) is 0 Å². The molecule has 1 fully saturated rings. The molecule has 1 saturated heterocycles. The Morgan fingerprint density at radius 3 is 2.30 bits per heavy atom. The van der Waals surface area contributed by atoms with Crippen LogP contribution in [0.1, 0.15) is 55.8 Å². The Kier molecular flexibility index (Phi) is 11.4. The standard InChI is InChI=1S/C37H42ClF2N5O4S/c1-6-44-13-15-45(16-14-44)22-29(46)20-25(17-24-18-26(39)21-27(40)19-24)35-30(8-7-28(41-35)11-12-37(2,3)47)31-9-10-32(38)34-33(23-50(5,48)49)42-43(4)36(31)34/h7-10,18-19,21,25,47H,6,13-17,20,22-23H2,1-5H3/t25-/m1/s1. The van der Waals surface area contributed by atoms with Gasteiger partial charge in [0.2, 0.25) is 0 Å². The number of pyridine rings is 1. The lowest BCUT2D eigenvalue weighted by Gasteiger charge is -2.33. The number of nitrogens with zero attached hydrogens (tertiary/aromatic N) is 5. The van der Waals surface area contributed by atoms with Crippen molar-refractivity contribution in [3.05, 3.63) is 81.8 Å². The molecule has 1 N–H and O–H groups in total. The number of benzene rings is 2. The smallest absolute Gasteiger partial charge is 0.153 e. The molecule has 9 nitrogen and oxygen atoms in total. The average molecular weight is 726 g/mol. The highest BCUT2D eigenvalue weighted by molar-refractivity contribution is 7.89. The van der Waals surface area contributed by atoms with Crippen molar-refractivity contribution in [2.24, 2.45) is 7.05 Å². The monoisotopic (exact) mass is 725 g/mol. The summed E-state index contributed by atoms with van der Waals surface area (Å²) in [5.74, 6) is 3.23. The molecule has 5 rings (SSSR count). The molecule has 3 heterocycles. The zero-order valence-corrected chi connectivity index (χ0v) is 30.5. The predicted molar refractivity (Wildman–Crippen MR) is 192 cm³/mol. The summed E-state index contributed by atoms with van der Waals surface area (Å²) in [4.78, 5) is 23.2. The summed E-state index contributed by atoms with van der Waals surface area (Å²) < 4.78 is 55.1. The van der Waals surface area contributed by atoms with Crippen LogP contribution in [0, 0.1) is 23.5 Å². The van der Waals surface area contributed by atoms with E-state index in [9.17, 15) is 27.1 Å². The predicted octanol–water partition coefficient (Wildman–Crippen LogP) is 5.16. The third-order valence-electron chi connectivity index (χ3n) is 8.70. The molecule has 2 aromatic carbocycles. The van der Waals surface area contributed by atoms with Gasteiger partial charge in [-0.1, -0.05) is 30.5 Å². The van der Waals surface area contributed by atoms with E-state index in [1.165, 1.54) is 12.1 Å². The summed E-state index contributed by atoms with van der Waals surface area (Å²) in [5, 5.41) is 15.6. The van der Waals surface area contributed by atoms with Crippen LogP contribution in [-0.4, -0.2) is 95.0 Å². The SMILES string of the molecule is CCN1CCN(CC(=O)C[C@@H](Cc2cc(F)cc(F)c2)c2nc(C#CC(C)(C)O)ccc2-c2ccc(Cl)c3c(CS(C)(=O)=O)nn(C)c23)CC1. The maximum absolute atomic E-state index is 14.5. The van der Waals surface area contributed by atoms with E-state index in [1.807, 2.05) is 0 Å². The number of carbonyl (C=O) groups excluding carboxylic acids is 1. The van der Waals surface area contributed by atoms with Crippen LogP contribution in [0.2, 0.25) is 5.02 Å². The number of carbonyl (C=O) groups is 1. The van der Waals surface area contributed by atoms with Gasteiger partial charge in [0, 0.05) is 74.4 Å². The first-order valence-corrected chi connectivity index (χ1v) is 18.9. The number of likely N-dealkylation sites (N-methyl/N-ethyl adjacent to an activating group) is 1. The van der Waals surface area contributed by atoms with Crippen LogP contribution in [0.15, 0.2) is 42.5 Å². The van der Waals surface area contributed by atoms with Crippen molar-refractivity contribution < 1.29 is 27.1 Å². The van der Waals surface area contributed by atoms with Crippen molar-refractivity contribution in [3.8, 4) is 23.0 Å². The van der Waals surface area contributed by atoms with E-state index < -0.39 is 33.0 Å². The van der Waals surface area contributed by atoms with Crippen LogP contribution in [-0.2, 0) is 33.9 Å². The van der Waals surface area contributed by atoms with E-state index in [4.69, 9.17) is 16.6 Å². The lowest BCUT2D eigenvalue weighted by atomic mass is 9.86. The van der Waals surface area contributed by atoms with Gasteiger partial charge in [0.15, 0.2) is 9.84 Å². The molecule has 0 unspecified atom stereocenters. The molecule has 1 aliphatic heterocycles. The number of aryl methyl sites for hydroxylation is 1. The van der Waals surface area contributed by atoms with E-state index in [-0.39, 0.29) is 30.9 Å². The molecule has 50 heavy (non-hydrogen) atoms. The van der Waals surface area contributed by atoms with Crippen molar-refractivity contribution in [1.82, 2.24) is 24.6 Å². The molecule has 2 aromatic heterocycles. The molecular formula is C37H42ClF2N5O4S. The van der Waals surface area contributed by atoms with Gasteiger partial charge in [-0.15, -0.1) is 0 Å². The number of Topliss-reactive ketones (excluding diaryl/α,β-unsaturated/α-hetero) is 1. The first-order valence-electron chi connectivity index (χ1n) is 16.5. The first kappa shape index (κ1) is 37.5. The molecular weight excluding hydrogens is 684 g/mol. The lowest BCUT2D eigenvalue weighted by molar-refractivity contribution is -0.121. The van der Waals surface area contributed by atoms with Crippen molar-refractivity contribution in [2.45, 2.75) is 50.9 Å². The maximum Gasteiger partial charge on any atom is 0.153 e. The minimum Gasteiger partial charge on any atom is -0.378 e. The zero-order valence-electron chi connectivity index (χ0n) is 28.9. The van der Waals surface area contributed by atoms with Gasteiger partial charge >= 0.3 is 0 Å². The van der Waals surface area contributed by atoms with E-state index in [0.29, 0.717) is 49.7 Å². The quantitative estimate of drug-likeness (QED) is 0.212. The highest BCUT2D eigenvalue weighted by Gasteiger charge is 2.28. The Balaban J connectivity index is 1.67. The van der Waals surface area contributed by atoms with Gasteiger partial charge in [-0.3, -0.25) is 14.4 Å². The van der Waals surface area contributed by atoms with E-state index in [0.717, 1.165) is 45.0 Å². The summed E-state index contributed by atoms with van der Waals surface area (Å²) in [6, 6.07) is 10.2. The third-order valence-corrected chi connectivity index (χ3v) is 9.81. The second-order valence-electron chi connectivity index (χ2n) is 13.5. The normalized spacial score (nSPS) is 15.2. The molecule has 1 atom stereocenters. The second-order valence-corrected chi connectivity index (χ2v) is 16.1. The number of ketones is 1. The number of fused-ring (bicyclic) bond motifs is 1. The Hall–Kier alpha value is -3.73. The molecule has 0 bridgehead atoms. The fraction of sp³-hybridized carbons (Fsp3) is 0.432. The van der Waals surface area contributed by atoms with Gasteiger partial charge in [-0.25, -0.2) is 22.2 Å².